The number of nitrogens with one attached hydrogen (secondary N) is 3. The lowest BCUT2D eigenvalue weighted by molar-refractivity contribution is 0.219. The van der Waals surface area contributed by atoms with Crippen molar-refractivity contribution in [1.82, 2.24) is 14.8 Å². The third-order valence-electron chi connectivity index (χ3n) is 4.92. The molecule has 8 nitrogen and oxygen atoms in total. The zero-order valence-electron chi connectivity index (χ0n) is 17.9. The molecule has 0 bridgehead atoms. The number of guanidine groups is 2. The SMILES string of the molecule is CN1CCN(/C=N/C(=N\C(=N)Nc2ncc(-c3ccccc3)s2)Nc2ccccc2)CC1. The van der Waals surface area contributed by atoms with Gasteiger partial charge in [-0.1, -0.05) is 59.9 Å². The number of likely N-dealkylation sites (N-methyl/N-ethyl adjacent to an activating group) is 1. The summed E-state index contributed by atoms with van der Waals surface area (Å²) in [5.41, 5.74) is 1.95. The molecule has 164 valence electrons. The highest BCUT2D eigenvalue weighted by Gasteiger charge is 2.11. The molecule has 1 aliphatic heterocycles. The van der Waals surface area contributed by atoms with Gasteiger partial charge in [-0.2, -0.15) is 4.99 Å². The van der Waals surface area contributed by atoms with Gasteiger partial charge in [-0.25, -0.2) is 9.98 Å². The Bertz CT molecular complexity index is 1070. The maximum atomic E-state index is 8.32. The Labute approximate surface area is 191 Å². The molecule has 0 amide bonds. The van der Waals surface area contributed by atoms with Crippen LogP contribution < -0.4 is 10.6 Å². The normalized spacial score (nSPS) is 15.2. The molecule has 32 heavy (non-hydrogen) atoms. The van der Waals surface area contributed by atoms with E-state index in [1.54, 1.807) is 12.5 Å². The number of anilines is 2. The highest BCUT2D eigenvalue weighted by molar-refractivity contribution is 7.19. The molecule has 9 heteroatoms. The Kier molecular flexibility index (Phi) is 7.21. The van der Waals surface area contributed by atoms with Gasteiger partial charge in [-0.3, -0.25) is 5.41 Å². The number of piperazine rings is 1. The van der Waals surface area contributed by atoms with E-state index in [1.165, 1.54) is 11.3 Å². The van der Waals surface area contributed by atoms with Crippen LogP contribution in [0.15, 0.2) is 76.8 Å². The molecule has 1 aromatic heterocycles. The van der Waals surface area contributed by atoms with Gasteiger partial charge in [0.2, 0.25) is 11.9 Å². The first-order valence-corrected chi connectivity index (χ1v) is 11.2. The average Bonchev–Trinajstić information content (AvgIpc) is 3.28. The summed E-state index contributed by atoms with van der Waals surface area (Å²) in [4.78, 5) is 18.7. The van der Waals surface area contributed by atoms with E-state index >= 15 is 0 Å². The summed E-state index contributed by atoms with van der Waals surface area (Å²) in [6.07, 6.45) is 3.60. The molecule has 3 aromatic rings. The Morgan fingerprint density at radius 3 is 2.41 bits per heavy atom. The average molecular weight is 447 g/mol. The van der Waals surface area contributed by atoms with Gasteiger partial charge >= 0.3 is 0 Å². The van der Waals surface area contributed by atoms with Gasteiger partial charge in [0.25, 0.3) is 0 Å². The molecular weight excluding hydrogens is 420 g/mol. The Morgan fingerprint density at radius 1 is 1.00 bits per heavy atom. The van der Waals surface area contributed by atoms with Crippen molar-refractivity contribution in [2.75, 3.05) is 43.9 Å². The van der Waals surface area contributed by atoms with Crippen LogP contribution in [0.1, 0.15) is 0 Å². The minimum absolute atomic E-state index is 0.0343. The van der Waals surface area contributed by atoms with Crippen molar-refractivity contribution >= 4 is 40.4 Å². The van der Waals surface area contributed by atoms with E-state index in [1.807, 2.05) is 60.7 Å². The fraction of sp³-hybridized carbons (Fsp3) is 0.217. The lowest BCUT2D eigenvalue weighted by atomic mass is 10.2. The summed E-state index contributed by atoms with van der Waals surface area (Å²) in [6, 6.07) is 19.7. The molecule has 1 fully saturated rings. The van der Waals surface area contributed by atoms with Crippen molar-refractivity contribution in [3.8, 4) is 10.4 Å². The molecule has 0 spiro atoms. The topological polar surface area (TPSA) is 92.0 Å². The number of thiazole rings is 1. The van der Waals surface area contributed by atoms with Crippen molar-refractivity contribution in [1.29, 1.82) is 5.41 Å². The fourth-order valence-corrected chi connectivity index (χ4v) is 3.94. The first kappa shape index (κ1) is 21.7. The van der Waals surface area contributed by atoms with Crippen LogP contribution in [0.2, 0.25) is 0 Å². The van der Waals surface area contributed by atoms with Gasteiger partial charge in [0, 0.05) is 38.1 Å². The number of aliphatic imine (C=N–C) groups is 2. The predicted octanol–water partition coefficient (Wildman–Crippen LogP) is 3.90. The maximum Gasteiger partial charge on any atom is 0.231 e. The summed E-state index contributed by atoms with van der Waals surface area (Å²) in [5, 5.41) is 15.1. The Hall–Kier alpha value is -3.56. The Morgan fingerprint density at radius 2 is 1.69 bits per heavy atom. The first-order valence-electron chi connectivity index (χ1n) is 10.4. The third-order valence-corrected chi connectivity index (χ3v) is 5.88. The van der Waals surface area contributed by atoms with E-state index in [-0.39, 0.29) is 5.96 Å². The monoisotopic (exact) mass is 446 g/mol. The predicted molar refractivity (Wildman–Crippen MR) is 134 cm³/mol. The number of aromatic nitrogens is 1. The van der Waals surface area contributed by atoms with Gasteiger partial charge in [0.1, 0.15) is 0 Å². The van der Waals surface area contributed by atoms with Crippen LogP contribution in [0.4, 0.5) is 10.8 Å². The second-order valence-corrected chi connectivity index (χ2v) is 8.41. The van der Waals surface area contributed by atoms with Crippen LogP contribution in [-0.2, 0) is 0 Å². The highest BCUT2D eigenvalue weighted by Crippen LogP contribution is 2.28. The molecule has 2 aromatic carbocycles. The zero-order chi connectivity index (χ0) is 22.2. The van der Waals surface area contributed by atoms with Crippen molar-refractivity contribution in [2.24, 2.45) is 9.98 Å². The van der Waals surface area contributed by atoms with Crippen LogP contribution in [0.25, 0.3) is 10.4 Å². The van der Waals surface area contributed by atoms with Crippen LogP contribution in [-0.4, -0.2) is 66.3 Å². The minimum atomic E-state index is -0.0343. The van der Waals surface area contributed by atoms with Crippen molar-refractivity contribution < 1.29 is 0 Å². The van der Waals surface area contributed by atoms with Crippen LogP contribution in [0.3, 0.4) is 0 Å². The molecule has 4 rings (SSSR count). The summed E-state index contributed by atoms with van der Waals surface area (Å²) < 4.78 is 0. The van der Waals surface area contributed by atoms with E-state index in [9.17, 15) is 0 Å². The molecule has 2 heterocycles. The lowest BCUT2D eigenvalue weighted by Gasteiger charge is -2.30. The second kappa shape index (κ2) is 10.7. The van der Waals surface area contributed by atoms with Crippen molar-refractivity contribution in [2.45, 2.75) is 0 Å². The number of hydrogen-bond donors (Lipinski definition) is 3. The van der Waals surface area contributed by atoms with E-state index < -0.39 is 0 Å². The van der Waals surface area contributed by atoms with Crippen LogP contribution >= 0.6 is 11.3 Å². The van der Waals surface area contributed by atoms with E-state index in [0.29, 0.717) is 11.1 Å². The molecular formula is C23H26N8S. The van der Waals surface area contributed by atoms with Gasteiger partial charge in [0.15, 0.2) is 5.13 Å². The molecule has 0 atom stereocenters. The number of benzene rings is 2. The number of rotatable bonds is 4. The fourth-order valence-electron chi connectivity index (χ4n) is 3.12. The van der Waals surface area contributed by atoms with Gasteiger partial charge < -0.3 is 20.4 Å². The van der Waals surface area contributed by atoms with Crippen molar-refractivity contribution in [3.05, 3.63) is 66.9 Å². The standard InChI is InChI=1S/C23H26N8S/c1-30-12-14-31(15-13-30)17-26-22(27-19-10-6-3-7-11-19)28-21(24)29-23-25-16-20(32-23)18-8-4-2-5-9-18/h2-11,16-17H,12-15H2,1H3,(H3,24,25,27,28,29)/b26-17+. The smallest absolute Gasteiger partial charge is 0.231 e. The van der Waals surface area contributed by atoms with Gasteiger partial charge in [-0.05, 0) is 24.7 Å². The third kappa shape index (κ3) is 6.22. The number of nitrogens with zero attached hydrogens (tertiary/aromatic N) is 5. The lowest BCUT2D eigenvalue weighted by Crippen LogP contribution is -2.43. The molecule has 0 saturated carbocycles. The molecule has 0 radical (unpaired) electrons. The first-order chi connectivity index (χ1) is 15.7. The number of hydrogen-bond acceptors (Lipinski definition) is 4. The molecule has 0 aliphatic carbocycles. The van der Waals surface area contributed by atoms with Crippen molar-refractivity contribution in [3.63, 3.8) is 0 Å². The molecule has 3 N–H and O–H groups in total. The van der Waals surface area contributed by atoms with Gasteiger partial charge in [0.05, 0.1) is 11.2 Å². The maximum absolute atomic E-state index is 8.32. The minimum Gasteiger partial charge on any atom is -0.360 e. The Balaban J connectivity index is 1.46. The molecule has 1 aliphatic rings. The van der Waals surface area contributed by atoms with E-state index in [0.717, 1.165) is 42.3 Å². The summed E-state index contributed by atoms with van der Waals surface area (Å²) in [5.74, 6) is 0.306. The molecule has 0 unspecified atom stereocenters. The second-order valence-electron chi connectivity index (χ2n) is 7.38. The van der Waals surface area contributed by atoms with E-state index in [4.69, 9.17) is 5.41 Å². The quantitative estimate of drug-likeness (QED) is 0.418. The summed E-state index contributed by atoms with van der Waals surface area (Å²) >= 11 is 1.48. The molecule has 1 saturated heterocycles. The van der Waals surface area contributed by atoms with Crippen LogP contribution in [0.5, 0.6) is 0 Å². The van der Waals surface area contributed by atoms with Gasteiger partial charge in [-0.15, -0.1) is 0 Å². The zero-order valence-corrected chi connectivity index (χ0v) is 18.7. The summed E-state index contributed by atoms with van der Waals surface area (Å²) in [7, 11) is 2.12. The summed E-state index contributed by atoms with van der Waals surface area (Å²) in [6.45, 7) is 3.82. The highest BCUT2D eigenvalue weighted by atomic mass is 32.1. The largest absolute Gasteiger partial charge is 0.360 e. The number of para-hydroxylation sites is 1. The van der Waals surface area contributed by atoms with Crippen LogP contribution in [0, 0.1) is 5.41 Å². The van der Waals surface area contributed by atoms with E-state index in [2.05, 4.69) is 42.4 Å².